The number of carbonyl (C=O) groups is 1. The maximum absolute atomic E-state index is 12.3. The van der Waals surface area contributed by atoms with Gasteiger partial charge in [0, 0.05) is 22.9 Å². The smallest absolute Gasteiger partial charge is 0.230 e. The van der Waals surface area contributed by atoms with Gasteiger partial charge in [0.15, 0.2) is 0 Å². The predicted molar refractivity (Wildman–Crippen MR) is 105 cm³/mol. The number of hydrogen-bond donors (Lipinski definition) is 2. The second kappa shape index (κ2) is 9.33. The van der Waals surface area contributed by atoms with Gasteiger partial charge in [0.25, 0.3) is 0 Å². The maximum atomic E-state index is 12.3. The number of benzene rings is 1. The summed E-state index contributed by atoms with van der Waals surface area (Å²) >= 11 is 7.54. The molecule has 6 heteroatoms. The van der Waals surface area contributed by atoms with Crippen molar-refractivity contribution in [3.8, 4) is 0 Å². The molecule has 1 amide bonds. The summed E-state index contributed by atoms with van der Waals surface area (Å²) in [5.41, 5.74) is 7.35. The molecule has 24 heavy (non-hydrogen) atoms. The van der Waals surface area contributed by atoms with Crippen LogP contribution in [0, 0.1) is 11.8 Å². The van der Waals surface area contributed by atoms with Crippen LogP contribution in [0.4, 0.5) is 0 Å². The van der Waals surface area contributed by atoms with Gasteiger partial charge in [-0.15, -0.1) is 24.2 Å². The van der Waals surface area contributed by atoms with Crippen molar-refractivity contribution < 1.29 is 4.79 Å². The van der Waals surface area contributed by atoms with Crippen LogP contribution in [-0.2, 0) is 10.5 Å². The lowest BCUT2D eigenvalue weighted by Gasteiger charge is -2.45. The molecule has 2 aliphatic rings. The van der Waals surface area contributed by atoms with Crippen LogP contribution in [0.1, 0.15) is 37.7 Å². The summed E-state index contributed by atoms with van der Waals surface area (Å²) in [6, 6.07) is 8.50. The molecule has 0 saturated heterocycles. The highest BCUT2D eigenvalue weighted by Crippen LogP contribution is 2.39. The van der Waals surface area contributed by atoms with Crippen LogP contribution >= 0.6 is 35.8 Å². The number of amides is 1. The Kier molecular flexibility index (Phi) is 7.73. The van der Waals surface area contributed by atoms with Gasteiger partial charge >= 0.3 is 0 Å². The normalized spacial score (nSPS) is 28.8. The number of halogens is 2. The molecule has 2 atom stereocenters. The van der Waals surface area contributed by atoms with E-state index in [4.69, 9.17) is 17.3 Å². The van der Waals surface area contributed by atoms with Gasteiger partial charge in [-0.2, -0.15) is 0 Å². The van der Waals surface area contributed by atoms with Crippen LogP contribution in [0.3, 0.4) is 0 Å². The van der Waals surface area contributed by atoms with Crippen LogP contribution in [0.25, 0.3) is 0 Å². The van der Waals surface area contributed by atoms with Crippen molar-refractivity contribution in [2.24, 2.45) is 17.6 Å². The second-order valence-corrected chi connectivity index (χ2v) is 8.32. The number of nitrogens with one attached hydrogen (secondary N) is 1. The van der Waals surface area contributed by atoms with Crippen LogP contribution in [0.2, 0.25) is 5.02 Å². The highest BCUT2D eigenvalue weighted by atomic mass is 35.5. The Morgan fingerprint density at radius 2 is 1.83 bits per heavy atom. The average molecular weight is 389 g/mol. The first-order chi connectivity index (χ1) is 11.1. The van der Waals surface area contributed by atoms with Crippen molar-refractivity contribution in [2.45, 2.75) is 49.9 Å². The third-order valence-corrected chi connectivity index (χ3v) is 6.38. The fourth-order valence-corrected chi connectivity index (χ4v) is 5.02. The Balaban J connectivity index is 0.00000208. The summed E-state index contributed by atoms with van der Waals surface area (Å²) in [7, 11) is 0. The zero-order valence-electron chi connectivity index (χ0n) is 13.7. The van der Waals surface area contributed by atoms with Crippen molar-refractivity contribution in [1.29, 1.82) is 0 Å². The van der Waals surface area contributed by atoms with Crippen molar-refractivity contribution in [1.82, 2.24) is 5.32 Å². The fraction of sp³-hybridized carbons (Fsp3) is 0.611. The van der Waals surface area contributed by atoms with Gasteiger partial charge in [-0.3, -0.25) is 4.79 Å². The number of fused-ring (bicyclic) bond motifs is 2. The average Bonchev–Trinajstić information content (AvgIpc) is 2.50. The zero-order valence-corrected chi connectivity index (χ0v) is 16.1. The van der Waals surface area contributed by atoms with Crippen LogP contribution in [0.15, 0.2) is 24.3 Å². The van der Waals surface area contributed by atoms with Gasteiger partial charge in [-0.1, -0.05) is 30.2 Å². The largest absolute Gasteiger partial charge is 0.352 e. The molecule has 134 valence electrons. The molecular formula is C18H26Cl2N2OS. The topological polar surface area (TPSA) is 55.1 Å². The first-order valence-corrected chi connectivity index (χ1v) is 10.0. The summed E-state index contributed by atoms with van der Waals surface area (Å²) in [4.78, 5) is 12.3. The summed E-state index contributed by atoms with van der Waals surface area (Å²) < 4.78 is 0. The molecule has 1 aromatic rings. The molecule has 0 aliphatic heterocycles. The zero-order chi connectivity index (χ0) is 16.2. The SMILES string of the molecule is Cl.NC1CC2CCCC(C1)C2NC(=O)CSCc1ccc(Cl)cc1. The lowest BCUT2D eigenvalue weighted by Crippen LogP contribution is -2.54. The quantitative estimate of drug-likeness (QED) is 0.800. The first kappa shape index (κ1) is 19.9. The minimum atomic E-state index is 0. The number of nitrogens with two attached hydrogens (primary N) is 1. The molecule has 2 aliphatic carbocycles. The third kappa shape index (κ3) is 5.29. The van der Waals surface area contributed by atoms with E-state index in [1.54, 1.807) is 11.8 Å². The molecular weight excluding hydrogens is 363 g/mol. The minimum Gasteiger partial charge on any atom is -0.352 e. The van der Waals surface area contributed by atoms with Gasteiger partial charge in [0.05, 0.1) is 5.75 Å². The molecule has 0 spiro atoms. The molecule has 3 nitrogen and oxygen atoms in total. The van der Waals surface area contributed by atoms with Crippen LogP contribution < -0.4 is 11.1 Å². The Morgan fingerprint density at radius 1 is 1.21 bits per heavy atom. The van der Waals surface area contributed by atoms with Crippen molar-refractivity contribution in [3.05, 3.63) is 34.9 Å². The molecule has 1 aromatic carbocycles. The molecule has 2 fully saturated rings. The lowest BCUT2D eigenvalue weighted by atomic mass is 9.67. The summed E-state index contributed by atoms with van der Waals surface area (Å²) in [6.45, 7) is 0. The van der Waals surface area contributed by atoms with Gasteiger partial charge < -0.3 is 11.1 Å². The van der Waals surface area contributed by atoms with Crippen molar-refractivity contribution in [2.75, 3.05) is 5.75 Å². The van der Waals surface area contributed by atoms with Gasteiger partial charge in [-0.05, 0) is 55.2 Å². The number of thioether (sulfide) groups is 1. The molecule has 0 radical (unpaired) electrons. The number of carbonyl (C=O) groups excluding carboxylic acids is 1. The van der Waals surface area contributed by atoms with E-state index in [-0.39, 0.29) is 18.3 Å². The Bertz CT molecular complexity index is 526. The van der Waals surface area contributed by atoms with E-state index in [1.165, 1.54) is 24.8 Å². The summed E-state index contributed by atoms with van der Waals surface area (Å²) in [6.07, 6.45) is 5.86. The molecule has 2 saturated carbocycles. The van der Waals surface area contributed by atoms with Crippen molar-refractivity contribution in [3.63, 3.8) is 0 Å². The highest BCUT2D eigenvalue weighted by molar-refractivity contribution is 7.99. The first-order valence-electron chi connectivity index (χ1n) is 8.49. The maximum Gasteiger partial charge on any atom is 0.230 e. The standard InChI is InChI=1S/C18H25ClN2OS.ClH/c19-15-6-4-12(5-7-15)10-23-11-17(22)21-18-13-2-1-3-14(18)9-16(20)8-13;/h4-7,13-14,16,18H,1-3,8-11,20H2,(H,21,22);1H. The lowest BCUT2D eigenvalue weighted by molar-refractivity contribution is -0.120. The highest BCUT2D eigenvalue weighted by Gasteiger charge is 2.39. The molecule has 0 aromatic heterocycles. The van der Waals surface area contributed by atoms with E-state index in [9.17, 15) is 4.79 Å². The van der Waals surface area contributed by atoms with E-state index in [1.807, 2.05) is 24.3 Å². The Morgan fingerprint density at radius 3 is 2.46 bits per heavy atom. The Labute approximate surface area is 159 Å². The molecule has 2 unspecified atom stereocenters. The summed E-state index contributed by atoms with van der Waals surface area (Å²) in [5, 5.41) is 4.05. The van der Waals surface area contributed by atoms with Crippen molar-refractivity contribution >= 4 is 41.7 Å². The minimum absolute atomic E-state index is 0. The van der Waals surface area contributed by atoms with Gasteiger partial charge in [0.1, 0.15) is 0 Å². The fourth-order valence-electron chi connectivity index (χ4n) is 4.09. The monoisotopic (exact) mass is 388 g/mol. The van der Waals surface area contributed by atoms with Gasteiger partial charge in [-0.25, -0.2) is 0 Å². The second-order valence-electron chi connectivity index (χ2n) is 6.90. The molecule has 0 heterocycles. The molecule has 3 N–H and O–H groups in total. The molecule has 2 bridgehead atoms. The van der Waals surface area contributed by atoms with E-state index in [0.717, 1.165) is 23.6 Å². The summed E-state index contributed by atoms with van der Waals surface area (Å²) in [5.74, 6) is 2.70. The predicted octanol–water partition coefficient (Wildman–Crippen LogP) is 4.02. The van der Waals surface area contributed by atoms with E-state index < -0.39 is 0 Å². The number of hydrogen-bond acceptors (Lipinski definition) is 3. The Hall–Kier alpha value is -0.420. The van der Waals surface area contributed by atoms with Gasteiger partial charge in [0.2, 0.25) is 5.91 Å². The van der Waals surface area contributed by atoms with E-state index in [0.29, 0.717) is 29.7 Å². The molecule has 3 rings (SSSR count). The van der Waals surface area contributed by atoms with Crippen LogP contribution in [0.5, 0.6) is 0 Å². The third-order valence-electron chi connectivity index (χ3n) is 5.12. The number of rotatable bonds is 5. The van der Waals surface area contributed by atoms with E-state index >= 15 is 0 Å². The van der Waals surface area contributed by atoms with E-state index in [2.05, 4.69) is 5.32 Å². The van der Waals surface area contributed by atoms with Crippen LogP contribution in [-0.4, -0.2) is 23.7 Å².